The third kappa shape index (κ3) is 4.66. The van der Waals surface area contributed by atoms with Crippen LogP contribution in [0.4, 0.5) is 5.69 Å². The molecule has 7 nitrogen and oxygen atoms in total. The second-order valence-electron chi connectivity index (χ2n) is 12.9. The summed E-state index contributed by atoms with van der Waals surface area (Å²) >= 11 is 0. The lowest BCUT2D eigenvalue weighted by Gasteiger charge is -2.14. The predicted molar refractivity (Wildman–Crippen MR) is 212 cm³/mol. The lowest BCUT2D eigenvalue weighted by Crippen LogP contribution is -2.02. The van der Waals surface area contributed by atoms with Crippen LogP contribution in [-0.2, 0) is 0 Å². The summed E-state index contributed by atoms with van der Waals surface area (Å²) in [5.74, 6) is 1.30. The summed E-state index contributed by atoms with van der Waals surface area (Å²) in [4.78, 5) is 3.59. The molecular formula is C46H27N7. The third-order valence-corrected chi connectivity index (χ3v) is 10.0. The van der Waals surface area contributed by atoms with Crippen LogP contribution in [0.25, 0.3) is 88.3 Å². The smallest absolute Gasteiger partial charge is 0.187 e. The van der Waals surface area contributed by atoms with Crippen LogP contribution in [0.15, 0.2) is 164 Å². The number of nitrogens with zero attached hydrogens (tertiary/aromatic N) is 7. The first-order valence-corrected chi connectivity index (χ1v) is 17.3. The van der Waals surface area contributed by atoms with Crippen molar-refractivity contribution in [2.75, 3.05) is 0 Å². The van der Waals surface area contributed by atoms with Gasteiger partial charge in [-0.1, -0.05) is 91.0 Å². The number of hydrogen-bond donors (Lipinski definition) is 0. The Kier molecular flexibility index (Phi) is 6.79. The molecule has 0 aliphatic carbocycles. The Morgan fingerprint density at radius 2 is 0.981 bits per heavy atom. The summed E-state index contributed by atoms with van der Waals surface area (Å²) in [7, 11) is 0. The Morgan fingerprint density at radius 3 is 1.57 bits per heavy atom. The van der Waals surface area contributed by atoms with Gasteiger partial charge in [0, 0.05) is 44.0 Å². The molecule has 3 aromatic heterocycles. The molecule has 0 aliphatic heterocycles. The summed E-state index contributed by atoms with van der Waals surface area (Å²) in [5.41, 5.74) is 10.3. The van der Waals surface area contributed by atoms with Gasteiger partial charge in [-0.05, 0) is 72.8 Å². The highest BCUT2D eigenvalue weighted by Crippen LogP contribution is 2.40. The van der Waals surface area contributed by atoms with Gasteiger partial charge in [-0.3, -0.25) is 4.57 Å². The van der Waals surface area contributed by atoms with Gasteiger partial charge in [0.05, 0.1) is 46.0 Å². The van der Waals surface area contributed by atoms with Crippen molar-refractivity contribution in [2.24, 2.45) is 0 Å². The largest absolute Gasteiger partial charge is 0.309 e. The van der Waals surface area contributed by atoms with Crippen LogP contribution in [0, 0.1) is 17.9 Å². The van der Waals surface area contributed by atoms with E-state index in [-0.39, 0.29) is 0 Å². The number of para-hydroxylation sites is 3. The zero-order valence-corrected chi connectivity index (χ0v) is 28.2. The SMILES string of the molecule is [C-]#[N+]c1ccc(-c2nnc(-c3ccc(C#N)cc3)n2-c2cccc3c2c2ccccc2n3-c2cccc(-n3c4ccccc4c4ccccc43)c2)cc1. The maximum Gasteiger partial charge on any atom is 0.187 e. The fourth-order valence-corrected chi connectivity index (χ4v) is 7.70. The Balaban J connectivity index is 1.24. The highest BCUT2D eigenvalue weighted by molar-refractivity contribution is 6.14. The molecule has 0 fully saturated rings. The molecule has 0 radical (unpaired) electrons. The first-order valence-electron chi connectivity index (χ1n) is 17.3. The molecule has 0 saturated carbocycles. The van der Waals surface area contributed by atoms with Crippen LogP contribution >= 0.6 is 0 Å². The van der Waals surface area contributed by atoms with Crippen molar-refractivity contribution in [3.05, 3.63) is 181 Å². The highest BCUT2D eigenvalue weighted by Gasteiger charge is 2.23. The van der Waals surface area contributed by atoms with Crippen molar-refractivity contribution < 1.29 is 0 Å². The van der Waals surface area contributed by atoms with E-state index in [1.54, 1.807) is 24.3 Å². The maximum absolute atomic E-state index is 9.50. The minimum absolute atomic E-state index is 0.556. The van der Waals surface area contributed by atoms with Gasteiger partial charge in [0.15, 0.2) is 17.3 Å². The van der Waals surface area contributed by atoms with E-state index >= 15 is 0 Å². The molecule has 0 bridgehead atoms. The monoisotopic (exact) mass is 677 g/mol. The van der Waals surface area contributed by atoms with Gasteiger partial charge < -0.3 is 9.13 Å². The van der Waals surface area contributed by atoms with Crippen molar-refractivity contribution >= 4 is 49.3 Å². The molecule has 0 atom stereocenters. The maximum atomic E-state index is 9.50. The van der Waals surface area contributed by atoms with Crippen molar-refractivity contribution in [1.82, 2.24) is 23.9 Å². The molecule has 0 aliphatic rings. The molecule has 0 saturated heterocycles. The number of aromatic nitrogens is 5. The van der Waals surface area contributed by atoms with E-state index in [4.69, 9.17) is 16.8 Å². The average Bonchev–Trinajstić information content (AvgIpc) is 3.92. The van der Waals surface area contributed by atoms with E-state index in [1.165, 1.54) is 10.8 Å². The quantitative estimate of drug-likeness (QED) is 0.170. The molecule has 0 unspecified atom stereocenters. The van der Waals surface area contributed by atoms with Crippen LogP contribution in [0.1, 0.15) is 5.56 Å². The first kappa shape index (κ1) is 30.1. The molecule has 3 heterocycles. The van der Waals surface area contributed by atoms with E-state index in [0.29, 0.717) is 22.9 Å². The standard InChI is InChI=1S/C46H27N7/c1-48-33-26-24-32(25-27-33)46-50-49-45(31-22-20-30(29-47)21-23-31)53(46)43-19-9-18-42-44(43)38-14-4-7-17-41(38)52(42)35-11-8-10-34(28-35)51-39-15-5-2-12-36(39)37-13-3-6-16-40(37)51/h2-28H. The second kappa shape index (κ2) is 11.9. The summed E-state index contributed by atoms with van der Waals surface area (Å²) < 4.78 is 6.78. The van der Waals surface area contributed by atoms with Crippen LogP contribution in [0.5, 0.6) is 0 Å². The summed E-state index contributed by atoms with van der Waals surface area (Å²) in [6.07, 6.45) is 0. The molecule has 0 amide bonds. The van der Waals surface area contributed by atoms with Gasteiger partial charge in [0.25, 0.3) is 0 Å². The first-order chi connectivity index (χ1) is 26.2. The molecule has 53 heavy (non-hydrogen) atoms. The van der Waals surface area contributed by atoms with Crippen LogP contribution < -0.4 is 0 Å². The average molecular weight is 678 g/mol. The lowest BCUT2D eigenvalue weighted by molar-refractivity contribution is 1.08. The number of rotatable bonds is 5. The van der Waals surface area contributed by atoms with E-state index in [9.17, 15) is 5.26 Å². The Morgan fingerprint density at radius 1 is 0.491 bits per heavy atom. The van der Waals surface area contributed by atoms with Crippen LogP contribution in [-0.4, -0.2) is 23.9 Å². The van der Waals surface area contributed by atoms with Crippen molar-refractivity contribution in [1.29, 1.82) is 5.26 Å². The van der Waals surface area contributed by atoms with Crippen molar-refractivity contribution in [3.8, 4) is 45.9 Å². The molecule has 7 heteroatoms. The van der Waals surface area contributed by atoms with E-state index in [1.807, 2.05) is 24.3 Å². The van der Waals surface area contributed by atoms with Crippen molar-refractivity contribution in [2.45, 2.75) is 0 Å². The topological polar surface area (TPSA) is 68.7 Å². The molecular weight excluding hydrogens is 651 g/mol. The number of fused-ring (bicyclic) bond motifs is 6. The zero-order valence-electron chi connectivity index (χ0n) is 28.2. The number of nitriles is 1. The molecule has 7 aromatic carbocycles. The molecule has 10 aromatic rings. The molecule has 10 rings (SSSR count). The molecule has 0 spiro atoms. The van der Waals surface area contributed by atoms with Gasteiger partial charge >= 0.3 is 0 Å². The molecule has 0 N–H and O–H groups in total. The van der Waals surface area contributed by atoms with E-state index in [0.717, 1.165) is 61.0 Å². The minimum atomic E-state index is 0.556. The third-order valence-electron chi connectivity index (χ3n) is 10.0. The van der Waals surface area contributed by atoms with Crippen LogP contribution in [0.2, 0.25) is 0 Å². The van der Waals surface area contributed by atoms with E-state index < -0.39 is 0 Å². The lowest BCUT2D eigenvalue weighted by atomic mass is 10.1. The van der Waals surface area contributed by atoms with E-state index in [2.05, 4.69) is 140 Å². The van der Waals surface area contributed by atoms with Crippen molar-refractivity contribution in [3.63, 3.8) is 0 Å². The van der Waals surface area contributed by atoms with Gasteiger partial charge in [0.1, 0.15) is 0 Å². The summed E-state index contributed by atoms with van der Waals surface area (Å²) in [6.45, 7) is 7.48. The molecule has 246 valence electrons. The Labute approximate surface area is 304 Å². The normalized spacial score (nSPS) is 11.4. The predicted octanol–water partition coefficient (Wildman–Crippen LogP) is 11.2. The fourth-order valence-electron chi connectivity index (χ4n) is 7.70. The zero-order chi connectivity index (χ0) is 35.5. The highest BCUT2D eigenvalue weighted by atomic mass is 15.3. The number of hydrogen-bond acceptors (Lipinski definition) is 3. The Bertz CT molecular complexity index is 3000. The van der Waals surface area contributed by atoms with Gasteiger partial charge in [-0.15, -0.1) is 10.2 Å². The summed E-state index contributed by atoms with van der Waals surface area (Å²) in [5, 5.41) is 23.6. The summed E-state index contributed by atoms with van der Waals surface area (Å²) in [6, 6.07) is 57.8. The van der Waals surface area contributed by atoms with Gasteiger partial charge in [-0.2, -0.15) is 5.26 Å². The van der Waals surface area contributed by atoms with Gasteiger partial charge in [-0.25, -0.2) is 4.85 Å². The van der Waals surface area contributed by atoms with Crippen LogP contribution in [0.3, 0.4) is 0 Å². The Hall–Kier alpha value is -7.74. The minimum Gasteiger partial charge on any atom is -0.309 e. The fraction of sp³-hybridized carbons (Fsp3) is 0. The second-order valence-corrected chi connectivity index (χ2v) is 12.9. The number of benzene rings is 7. The van der Waals surface area contributed by atoms with Gasteiger partial charge in [0.2, 0.25) is 0 Å².